The molecule has 2 heterocycles. The first kappa shape index (κ1) is 25.5. The number of aryl methyl sites for hydroxylation is 1. The van der Waals surface area contributed by atoms with Gasteiger partial charge >= 0.3 is 0 Å². The standard InChI is InChI=1S/C28H29FN4O2S/c1-19(2)16-26(34)31-12-14-32(15-13-31)27(35)24(17-30)28-33(23-10-8-22(29)9-11-23)25(18-36-28)21-6-4-20(3)5-7-21/h4-11,18-19H,12-16H2,1-3H3/b28-24-. The van der Waals surface area contributed by atoms with Crippen LogP contribution in [0.2, 0.25) is 0 Å². The van der Waals surface area contributed by atoms with Gasteiger partial charge in [-0.15, -0.1) is 0 Å². The molecule has 1 saturated heterocycles. The molecular weight excluding hydrogens is 475 g/mol. The van der Waals surface area contributed by atoms with Crippen molar-refractivity contribution in [3.8, 4) is 6.07 Å². The van der Waals surface area contributed by atoms with E-state index in [9.17, 15) is 19.2 Å². The molecule has 0 spiro atoms. The van der Waals surface area contributed by atoms with E-state index in [1.54, 1.807) is 21.9 Å². The second kappa shape index (κ2) is 11.0. The zero-order chi connectivity index (χ0) is 25.8. The molecular formula is C28H29FN4O2S. The Morgan fingerprint density at radius 3 is 2.19 bits per heavy atom. The van der Waals surface area contributed by atoms with Crippen LogP contribution in [-0.4, -0.2) is 47.8 Å². The molecule has 186 valence electrons. The molecule has 2 aliphatic heterocycles. The van der Waals surface area contributed by atoms with Gasteiger partial charge in [-0.3, -0.25) is 9.59 Å². The first-order valence-corrected chi connectivity index (χ1v) is 12.9. The number of amides is 2. The molecule has 2 aromatic rings. The van der Waals surface area contributed by atoms with Crippen molar-refractivity contribution in [3.05, 3.63) is 81.5 Å². The molecule has 0 bridgehead atoms. The quantitative estimate of drug-likeness (QED) is 0.417. The number of carbonyl (C=O) groups is 2. The van der Waals surface area contributed by atoms with Gasteiger partial charge in [-0.05, 0) is 42.7 Å². The Hall–Kier alpha value is -3.57. The number of carbonyl (C=O) groups excluding carboxylic acids is 2. The van der Waals surface area contributed by atoms with Gasteiger partial charge in [0.15, 0.2) is 0 Å². The van der Waals surface area contributed by atoms with Crippen molar-refractivity contribution < 1.29 is 14.0 Å². The van der Waals surface area contributed by atoms with Crippen molar-refractivity contribution >= 4 is 35.0 Å². The Labute approximate surface area is 215 Å². The smallest absolute Gasteiger partial charge is 0.267 e. The summed E-state index contributed by atoms with van der Waals surface area (Å²) in [4.78, 5) is 31.2. The van der Waals surface area contributed by atoms with Gasteiger partial charge in [0.2, 0.25) is 5.91 Å². The van der Waals surface area contributed by atoms with Crippen LogP contribution in [0, 0.1) is 30.0 Å². The van der Waals surface area contributed by atoms with Crippen molar-refractivity contribution in [2.75, 3.05) is 31.1 Å². The summed E-state index contributed by atoms with van der Waals surface area (Å²) in [6.45, 7) is 7.68. The number of nitriles is 1. The van der Waals surface area contributed by atoms with Crippen LogP contribution >= 0.6 is 11.8 Å². The average molecular weight is 505 g/mol. The summed E-state index contributed by atoms with van der Waals surface area (Å²) in [7, 11) is 0. The topological polar surface area (TPSA) is 67.6 Å². The minimum Gasteiger partial charge on any atom is -0.339 e. The lowest BCUT2D eigenvalue weighted by Crippen LogP contribution is -2.51. The lowest BCUT2D eigenvalue weighted by Gasteiger charge is -2.35. The van der Waals surface area contributed by atoms with E-state index in [1.807, 2.05) is 55.3 Å². The molecule has 36 heavy (non-hydrogen) atoms. The summed E-state index contributed by atoms with van der Waals surface area (Å²) >= 11 is 1.31. The van der Waals surface area contributed by atoms with Crippen LogP contribution in [0.15, 0.2) is 64.5 Å². The number of nitrogens with zero attached hydrogens (tertiary/aromatic N) is 4. The van der Waals surface area contributed by atoms with Crippen LogP contribution < -0.4 is 4.90 Å². The normalized spacial score (nSPS) is 17.2. The van der Waals surface area contributed by atoms with Gasteiger partial charge in [0.05, 0.1) is 5.70 Å². The predicted molar refractivity (Wildman–Crippen MR) is 141 cm³/mol. The molecule has 6 nitrogen and oxygen atoms in total. The summed E-state index contributed by atoms with van der Waals surface area (Å²) < 4.78 is 13.7. The summed E-state index contributed by atoms with van der Waals surface area (Å²) in [6.07, 6.45) is 0.484. The third kappa shape index (κ3) is 5.47. The Morgan fingerprint density at radius 1 is 1.00 bits per heavy atom. The van der Waals surface area contributed by atoms with Crippen molar-refractivity contribution in [3.63, 3.8) is 0 Å². The molecule has 1 fully saturated rings. The Kier molecular flexibility index (Phi) is 7.80. The number of hydrogen-bond donors (Lipinski definition) is 0. The van der Waals surface area contributed by atoms with Gasteiger partial charge in [-0.2, -0.15) is 5.26 Å². The van der Waals surface area contributed by atoms with Gasteiger partial charge in [0.1, 0.15) is 22.5 Å². The third-order valence-electron chi connectivity index (χ3n) is 6.20. The van der Waals surface area contributed by atoms with Gasteiger partial charge in [0, 0.05) is 43.7 Å². The van der Waals surface area contributed by atoms with Crippen LogP contribution in [0.4, 0.5) is 10.1 Å². The highest BCUT2D eigenvalue weighted by Gasteiger charge is 2.33. The summed E-state index contributed by atoms with van der Waals surface area (Å²) in [6, 6.07) is 16.1. The molecule has 2 aliphatic rings. The molecule has 2 amide bonds. The Balaban J connectivity index is 1.62. The fraction of sp³-hybridized carbons (Fsp3) is 0.321. The molecule has 8 heteroatoms. The maximum Gasteiger partial charge on any atom is 0.267 e. The third-order valence-corrected chi connectivity index (χ3v) is 7.15. The van der Waals surface area contributed by atoms with Crippen LogP contribution in [0.3, 0.4) is 0 Å². The van der Waals surface area contributed by atoms with E-state index in [-0.39, 0.29) is 29.1 Å². The van der Waals surface area contributed by atoms with Gasteiger partial charge in [0.25, 0.3) is 5.91 Å². The fourth-order valence-corrected chi connectivity index (χ4v) is 5.27. The van der Waals surface area contributed by atoms with E-state index < -0.39 is 0 Å². The molecule has 0 saturated carbocycles. The molecule has 0 atom stereocenters. The molecule has 2 aromatic carbocycles. The van der Waals surface area contributed by atoms with Gasteiger partial charge < -0.3 is 14.7 Å². The van der Waals surface area contributed by atoms with Crippen LogP contribution in [0.5, 0.6) is 0 Å². The zero-order valence-corrected chi connectivity index (χ0v) is 21.5. The minimum absolute atomic E-state index is 0.0321. The number of benzene rings is 2. The van der Waals surface area contributed by atoms with E-state index in [4.69, 9.17) is 0 Å². The van der Waals surface area contributed by atoms with Crippen molar-refractivity contribution in [2.24, 2.45) is 5.92 Å². The Morgan fingerprint density at radius 2 is 1.61 bits per heavy atom. The van der Waals surface area contributed by atoms with Crippen molar-refractivity contribution in [1.82, 2.24) is 9.80 Å². The molecule has 0 N–H and O–H groups in total. The zero-order valence-electron chi connectivity index (χ0n) is 20.7. The molecule has 4 rings (SSSR count). The number of halogens is 1. The minimum atomic E-state index is -0.363. The molecule has 0 radical (unpaired) electrons. The number of hydrogen-bond acceptors (Lipinski definition) is 5. The maximum atomic E-state index is 13.7. The molecule has 0 aromatic heterocycles. The van der Waals surface area contributed by atoms with E-state index in [0.717, 1.165) is 16.8 Å². The first-order chi connectivity index (χ1) is 17.3. The second-order valence-electron chi connectivity index (χ2n) is 9.36. The SMILES string of the molecule is Cc1ccc(C2=CS/C(=C(/C#N)C(=O)N3CCN(C(=O)CC(C)C)CC3)N2c2ccc(F)cc2)cc1. The van der Waals surface area contributed by atoms with Crippen molar-refractivity contribution in [1.29, 1.82) is 5.26 Å². The summed E-state index contributed by atoms with van der Waals surface area (Å²) in [5, 5.41) is 12.5. The van der Waals surface area contributed by atoms with Crippen LogP contribution in [-0.2, 0) is 9.59 Å². The molecule has 0 aliphatic carbocycles. The number of piperazine rings is 1. The summed E-state index contributed by atoms with van der Waals surface area (Å²) in [5.41, 5.74) is 3.55. The van der Waals surface area contributed by atoms with E-state index in [2.05, 4.69) is 6.07 Å². The number of thioether (sulfide) groups is 1. The van der Waals surface area contributed by atoms with Crippen LogP contribution in [0.25, 0.3) is 5.70 Å². The Bertz CT molecular complexity index is 1240. The second-order valence-corrected chi connectivity index (χ2v) is 10.2. The number of rotatable bonds is 5. The maximum absolute atomic E-state index is 13.7. The largest absolute Gasteiger partial charge is 0.339 e. The highest BCUT2D eigenvalue weighted by atomic mass is 32.2. The fourth-order valence-electron chi connectivity index (χ4n) is 4.25. The van der Waals surface area contributed by atoms with Crippen LogP contribution in [0.1, 0.15) is 31.4 Å². The van der Waals surface area contributed by atoms with Gasteiger partial charge in [-0.1, -0.05) is 55.4 Å². The van der Waals surface area contributed by atoms with Gasteiger partial charge in [-0.25, -0.2) is 4.39 Å². The first-order valence-electron chi connectivity index (χ1n) is 12.0. The highest BCUT2D eigenvalue weighted by molar-refractivity contribution is 8.06. The molecule has 0 unspecified atom stereocenters. The number of anilines is 1. The van der Waals surface area contributed by atoms with E-state index >= 15 is 0 Å². The van der Waals surface area contributed by atoms with E-state index in [0.29, 0.717) is 43.3 Å². The highest BCUT2D eigenvalue weighted by Crippen LogP contribution is 2.44. The lowest BCUT2D eigenvalue weighted by molar-refractivity contribution is -0.138. The summed E-state index contributed by atoms with van der Waals surface area (Å²) in [5.74, 6) is -0.351. The monoisotopic (exact) mass is 504 g/mol. The average Bonchev–Trinajstić information content (AvgIpc) is 3.29. The van der Waals surface area contributed by atoms with Crippen molar-refractivity contribution in [2.45, 2.75) is 27.2 Å². The predicted octanol–water partition coefficient (Wildman–Crippen LogP) is 5.14. The lowest BCUT2D eigenvalue weighted by atomic mass is 10.1. The van der Waals surface area contributed by atoms with E-state index in [1.165, 1.54) is 23.9 Å².